The summed E-state index contributed by atoms with van der Waals surface area (Å²) in [6.45, 7) is 2.07. The SMILES string of the molecule is CCc1[nH]ncc1CCC(=N)N. The van der Waals surface area contributed by atoms with Crippen molar-refractivity contribution in [3.8, 4) is 0 Å². The fourth-order valence-corrected chi connectivity index (χ4v) is 1.13. The van der Waals surface area contributed by atoms with Crippen molar-refractivity contribution in [3.05, 3.63) is 17.5 Å². The fraction of sp³-hybridized carbons (Fsp3) is 0.500. The summed E-state index contributed by atoms with van der Waals surface area (Å²) in [5.41, 5.74) is 7.58. The van der Waals surface area contributed by atoms with Gasteiger partial charge in [0.15, 0.2) is 0 Å². The molecule has 0 saturated heterocycles. The molecule has 0 aromatic carbocycles. The molecule has 66 valence electrons. The first-order chi connectivity index (χ1) is 5.74. The number of aromatic amines is 1. The largest absolute Gasteiger partial charge is 0.388 e. The van der Waals surface area contributed by atoms with Crippen molar-refractivity contribution in [1.82, 2.24) is 10.2 Å². The third kappa shape index (κ3) is 2.08. The number of rotatable bonds is 4. The van der Waals surface area contributed by atoms with Gasteiger partial charge in [0, 0.05) is 12.1 Å². The van der Waals surface area contributed by atoms with E-state index in [1.54, 1.807) is 0 Å². The third-order valence-electron chi connectivity index (χ3n) is 1.82. The van der Waals surface area contributed by atoms with Gasteiger partial charge >= 0.3 is 0 Å². The van der Waals surface area contributed by atoms with Gasteiger partial charge in [-0.3, -0.25) is 10.5 Å². The van der Waals surface area contributed by atoms with E-state index in [0.29, 0.717) is 6.42 Å². The molecule has 0 aliphatic rings. The number of aryl methyl sites for hydroxylation is 2. The van der Waals surface area contributed by atoms with Gasteiger partial charge in [0.25, 0.3) is 0 Å². The van der Waals surface area contributed by atoms with E-state index in [9.17, 15) is 0 Å². The first-order valence-corrected chi connectivity index (χ1v) is 4.08. The highest BCUT2D eigenvalue weighted by Gasteiger charge is 2.02. The van der Waals surface area contributed by atoms with Gasteiger partial charge in [0.1, 0.15) is 0 Å². The summed E-state index contributed by atoms with van der Waals surface area (Å²) in [7, 11) is 0. The van der Waals surface area contributed by atoms with Gasteiger partial charge in [0.2, 0.25) is 0 Å². The van der Waals surface area contributed by atoms with Crippen LogP contribution in [0, 0.1) is 5.41 Å². The Labute approximate surface area is 71.7 Å². The first kappa shape index (κ1) is 8.77. The Bertz CT molecular complexity index is 264. The third-order valence-corrected chi connectivity index (χ3v) is 1.82. The minimum absolute atomic E-state index is 0.234. The lowest BCUT2D eigenvalue weighted by atomic mass is 10.1. The molecule has 1 rings (SSSR count). The van der Waals surface area contributed by atoms with Crippen LogP contribution in [-0.2, 0) is 12.8 Å². The van der Waals surface area contributed by atoms with Crippen LogP contribution >= 0.6 is 0 Å². The molecule has 4 heteroatoms. The Balaban J connectivity index is 2.56. The molecule has 0 aliphatic carbocycles. The lowest BCUT2D eigenvalue weighted by Gasteiger charge is -1.98. The van der Waals surface area contributed by atoms with Gasteiger partial charge in [-0.15, -0.1) is 0 Å². The smallest absolute Gasteiger partial charge is 0.0908 e. The van der Waals surface area contributed by atoms with E-state index in [1.165, 1.54) is 5.56 Å². The van der Waals surface area contributed by atoms with Crippen molar-refractivity contribution in [2.45, 2.75) is 26.2 Å². The van der Waals surface area contributed by atoms with E-state index in [1.807, 2.05) is 6.20 Å². The molecule has 0 unspecified atom stereocenters. The van der Waals surface area contributed by atoms with Crippen LogP contribution in [0.1, 0.15) is 24.6 Å². The predicted molar refractivity (Wildman–Crippen MR) is 48.2 cm³/mol. The number of hydrogen-bond acceptors (Lipinski definition) is 2. The molecule has 1 aromatic heterocycles. The van der Waals surface area contributed by atoms with Crippen LogP contribution in [0.15, 0.2) is 6.20 Å². The van der Waals surface area contributed by atoms with Crippen molar-refractivity contribution >= 4 is 5.84 Å². The van der Waals surface area contributed by atoms with E-state index >= 15 is 0 Å². The molecule has 0 atom stereocenters. The Morgan fingerprint density at radius 1 is 1.75 bits per heavy atom. The highest BCUT2D eigenvalue weighted by molar-refractivity contribution is 5.77. The normalized spacial score (nSPS) is 10.1. The average Bonchev–Trinajstić information content (AvgIpc) is 2.47. The Hall–Kier alpha value is -1.32. The zero-order chi connectivity index (χ0) is 8.97. The van der Waals surface area contributed by atoms with Gasteiger partial charge in [-0.25, -0.2) is 0 Å². The number of hydrogen-bond donors (Lipinski definition) is 3. The van der Waals surface area contributed by atoms with E-state index < -0.39 is 0 Å². The Kier molecular flexibility index (Phi) is 2.85. The number of nitrogens with one attached hydrogen (secondary N) is 2. The Morgan fingerprint density at radius 3 is 3.08 bits per heavy atom. The minimum Gasteiger partial charge on any atom is -0.388 e. The van der Waals surface area contributed by atoms with Crippen LogP contribution in [0.5, 0.6) is 0 Å². The fourth-order valence-electron chi connectivity index (χ4n) is 1.13. The summed E-state index contributed by atoms with van der Waals surface area (Å²) in [6.07, 6.45) is 4.19. The maximum Gasteiger partial charge on any atom is 0.0908 e. The monoisotopic (exact) mass is 166 g/mol. The molecule has 0 fully saturated rings. The number of nitrogens with zero attached hydrogens (tertiary/aromatic N) is 1. The molecule has 4 N–H and O–H groups in total. The van der Waals surface area contributed by atoms with Crippen molar-refractivity contribution in [2.24, 2.45) is 5.73 Å². The number of H-pyrrole nitrogens is 1. The molecule has 1 heterocycles. The summed E-state index contributed by atoms with van der Waals surface area (Å²) in [5, 5.41) is 13.9. The summed E-state index contributed by atoms with van der Waals surface area (Å²) >= 11 is 0. The molecule has 0 saturated carbocycles. The van der Waals surface area contributed by atoms with Crippen molar-refractivity contribution in [3.63, 3.8) is 0 Å². The van der Waals surface area contributed by atoms with Gasteiger partial charge in [-0.1, -0.05) is 6.92 Å². The molecule has 12 heavy (non-hydrogen) atoms. The Morgan fingerprint density at radius 2 is 2.50 bits per heavy atom. The lowest BCUT2D eigenvalue weighted by molar-refractivity contribution is 0.939. The second kappa shape index (κ2) is 3.90. The molecule has 0 amide bonds. The molecule has 0 bridgehead atoms. The lowest BCUT2D eigenvalue weighted by Crippen LogP contribution is -2.10. The molecule has 4 nitrogen and oxygen atoms in total. The zero-order valence-electron chi connectivity index (χ0n) is 7.22. The van der Waals surface area contributed by atoms with Crippen molar-refractivity contribution in [1.29, 1.82) is 5.41 Å². The predicted octanol–water partition coefficient (Wildman–Crippen LogP) is 0.841. The quantitative estimate of drug-likeness (QED) is 0.458. The van der Waals surface area contributed by atoms with E-state index in [2.05, 4.69) is 17.1 Å². The van der Waals surface area contributed by atoms with Crippen LogP contribution in [0.3, 0.4) is 0 Å². The molecule has 0 radical (unpaired) electrons. The highest BCUT2D eigenvalue weighted by Crippen LogP contribution is 2.07. The number of amidine groups is 1. The second-order valence-electron chi connectivity index (χ2n) is 2.75. The summed E-state index contributed by atoms with van der Waals surface area (Å²) in [4.78, 5) is 0. The molecular weight excluding hydrogens is 152 g/mol. The van der Waals surface area contributed by atoms with Gasteiger partial charge in [0.05, 0.1) is 12.0 Å². The molecule has 1 aromatic rings. The number of aromatic nitrogens is 2. The van der Waals surface area contributed by atoms with Crippen LogP contribution in [0.4, 0.5) is 0 Å². The van der Waals surface area contributed by atoms with Gasteiger partial charge < -0.3 is 5.73 Å². The van der Waals surface area contributed by atoms with E-state index in [4.69, 9.17) is 11.1 Å². The zero-order valence-corrected chi connectivity index (χ0v) is 7.22. The maximum atomic E-state index is 7.07. The van der Waals surface area contributed by atoms with Crippen LogP contribution in [-0.4, -0.2) is 16.0 Å². The highest BCUT2D eigenvalue weighted by atomic mass is 15.1. The molecule has 0 spiro atoms. The van der Waals surface area contributed by atoms with Crippen LogP contribution in [0.2, 0.25) is 0 Å². The average molecular weight is 166 g/mol. The summed E-state index contributed by atoms with van der Waals surface area (Å²) < 4.78 is 0. The van der Waals surface area contributed by atoms with Crippen molar-refractivity contribution < 1.29 is 0 Å². The summed E-state index contributed by atoms with van der Waals surface area (Å²) in [5.74, 6) is 0.234. The molecule has 0 aliphatic heterocycles. The van der Waals surface area contributed by atoms with Gasteiger partial charge in [-0.05, 0) is 18.4 Å². The first-order valence-electron chi connectivity index (χ1n) is 4.08. The van der Waals surface area contributed by atoms with Crippen molar-refractivity contribution in [2.75, 3.05) is 0 Å². The maximum absolute atomic E-state index is 7.07. The van der Waals surface area contributed by atoms with E-state index in [-0.39, 0.29) is 5.84 Å². The molecular formula is C8H14N4. The van der Waals surface area contributed by atoms with Crippen LogP contribution in [0.25, 0.3) is 0 Å². The standard InChI is InChI=1S/C8H14N4/c1-2-7-6(5-11-12-7)3-4-8(9)10/h5H,2-4H2,1H3,(H3,9,10)(H,11,12). The second-order valence-corrected chi connectivity index (χ2v) is 2.75. The van der Waals surface area contributed by atoms with Crippen LogP contribution < -0.4 is 5.73 Å². The van der Waals surface area contributed by atoms with Gasteiger partial charge in [-0.2, -0.15) is 5.10 Å². The number of nitrogens with two attached hydrogens (primary N) is 1. The minimum atomic E-state index is 0.234. The summed E-state index contributed by atoms with van der Waals surface area (Å²) in [6, 6.07) is 0. The van der Waals surface area contributed by atoms with E-state index in [0.717, 1.165) is 18.5 Å². The topological polar surface area (TPSA) is 78.5 Å².